The van der Waals surface area contributed by atoms with Crippen molar-refractivity contribution in [3.63, 3.8) is 0 Å². The number of hydrogen-bond acceptors (Lipinski definition) is 10. The lowest BCUT2D eigenvalue weighted by Crippen LogP contribution is -2.37. The molecule has 1 aromatic rings. The minimum atomic E-state index is -4.67. The van der Waals surface area contributed by atoms with E-state index in [0.717, 1.165) is 95.0 Å². The second-order valence-corrected chi connectivity index (χ2v) is 19.0. The third kappa shape index (κ3) is 32.0. The van der Waals surface area contributed by atoms with Gasteiger partial charge in [-0.2, -0.15) is 0 Å². The van der Waals surface area contributed by atoms with Crippen molar-refractivity contribution in [3.8, 4) is 0 Å². The Morgan fingerprint density at radius 2 is 1.27 bits per heavy atom. The van der Waals surface area contributed by atoms with Crippen LogP contribution in [0.25, 0.3) is 0 Å². The number of aryl methyl sites for hydroxylation is 2. The van der Waals surface area contributed by atoms with E-state index in [4.69, 9.17) is 22.9 Å². The number of carbonyl (C=O) groups excluding carboxylic acids is 2. The van der Waals surface area contributed by atoms with Crippen molar-refractivity contribution < 1.29 is 51.6 Å². The van der Waals surface area contributed by atoms with Crippen LogP contribution < -0.4 is 4.89 Å². The highest BCUT2D eigenvalue weighted by Gasteiger charge is 2.22. The van der Waals surface area contributed by atoms with E-state index >= 15 is 0 Å². The maximum Gasteiger partial charge on any atom is 0.306 e. The van der Waals surface area contributed by atoms with Gasteiger partial charge in [0.15, 0.2) is 6.10 Å². The lowest BCUT2D eigenvalue weighted by molar-refractivity contribution is -0.870. The number of likely N-dealkylation sites (N-methyl/N-ethyl adjacent to an activating group) is 1. The fraction of sp³-hybridized carbons (Fsp3) is 0.720. The highest BCUT2D eigenvalue weighted by Crippen LogP contribution is 2.38. The Hall–Kier alpha value is -2.79. The predicted molar refractivity (Wildman–Crippen MR) is 250 cm³/mol. The summed E-state index contributed by atoms with van der Waals surface area (Å²) < 4.78 is 40.2. The van der Waals surface area contributed by atoms with Crippen LogP contribution in [0.5, 0.6) is 0 Å². The topological polar surface area (TPSA) is 145 Å². The maximum absolute atomic E-state index is 12.8. The number of furan rings is 1. The number of hydrogen-bond donors (Lipinski definition) is 1. The lowest BCUT2D eigenvalue weighted by Gasteiger charge is -2.28. The van der Waals surface area contributed by atoms with E-state index in [0.29, 0.717) is 30.3 Å². The van der Waals surface area contributed by atoms with Crippen molar-refractivity contribution in [1.82, 2.24) is 0 Å². The normalized spacial score (nSPS) is 14.4. The van der Waals surface area contributed by atoms with Crippen LogP contribution >= 0.6 is 7.82 Å². The van der Waals surface area contributed by atoms with Gasteiger partial charge in [-0.25, -0.2) is 0 Å². The molecule has 0 fully saturated rings. The summed E-state index contributed by atoms with van der Waals surface area (Å²) in [6.07, 6.45) is 35.8. The van der Waals surface area contributed by atoms with Crippen LogP contribution in [0, 0.1) is 13.8 Å². The summed E-state index contributed by atoms with van der Waals surface area (Å²) in [4.78, 5) is 37.7. The molecule has 0 saturated heterocycles. The van der Waals surface area contributed by atoms with Gasteiger partial charge in [0, 0.05) is 25.7 Å². The molecule has 0 bridgehead atoms. The fourth-order valence-corrected chi connectivity index (χ4v) is 7.31. The molecule has 0 aliphatic rings. The average Bonchev–Trinajstić information content (AvgIpc) is 3.48. The Morgan fingerprint density at radius 1 is 0.710 bits per heavy atom. The second-order valence-electron chi connectivity index (χ2n) is 17.6. The van der Waals surface area contributed by atoms with E-state index in [9.17, 15) is 24.2 Å². The van der Waals surface area contributed by atoms with Gasteiger partial charge in [0.05, 0.1) is 33.9 Å². The molecule has 1 rings (SSSR count). The van der Waals surface area contributed by atoms with Crippen LogP contribution in [-0.2, 0) is 45.5 Å². The van der Waals surface area contributed by atoms with Gasteiger partial charge in [-0.3, -0.25) is 14.2 Å². The number of allylic oxidation sites excluding steroid dienone is 7. The van der Waals surface area contributed by atoms with Gasteiger partial charge in [0.2, 0.25) is 0 Å². The zero-order chi connectivity index (χ0) is 45.9. The number of phosphoric ester groups is 1. The van der Waals surface area contributed by atoms with Gasteiger partial charge < -0.3 is 37.4 Å². The number of quaternary nitrogens is 1. The highest BCUT2D eigenvalue weighted by atomic mass is 31.2. The van der Waals surface area contributed by atoms with Gasteiger partial charge >= 0.3 is 11.9 Å². The summed E-state index contributed by atoms with van der Waals surface area (Å²) in [5.41, 5.74) is 2.64. The molecule has 12 heteroatoms. The van der Waals surface area contributed by atoms with Crippen molar-refractivity contribution >= 4 is 19.8 Å². The first-order valence-electron chi connectivity index (χ1n) is 23.8. The van der Waals surface area contributed by atoms with Gasteiger partial charge in [-0.1, -0.05) is 133 Å². The molecule has 0 aliphatic heterocycles. The van der Waals surface area contributed by atoms with Crippen LogP contribution in [0.15, 0.2) is 53.0 Å². The lowest BCUT2D eigenvalue weighted by atomic mass is 10.0. The Labute approximate surface area is 376 Å². The van der Waals surface area contributed by atoms with Gasteiger partial charge in [0.25, 0.3) is 7.82 Å². The Morgan fingerprint density at radius 3 is 1.92 bits per heavy atom. The highest BCUT2D eigenvalue weighted by molar-refractivity contribution is 7.45. The summed E-state index contributed by atoms with van der Waals surface area (Å²) in [5, 5.41) is 9.92. The number of aliphatic hydroxyl groups excluding tert-OH is 1. The van der Waals surface area contributed by atoms with Gasteiger partial charge in [-0.05, 0) is 76.3 Å². The first-order valence-corrected chi connectivity index (χ1v) is 25.3. The van der Waals surface area contributed by atoms with Crippen molar-refractivity contribution in [3.05, 3.63) is 71.3 Å². The molecular formula is C50H86NO10P. The molecule has 356 valence electrons. The summed E-state index contributed by atoms with van der Waals surface area (Å²) in [7, 11) is 1.08. The number of unbranched alkanes of at least 4 members (excludes halogenated alkanes) is 12. The molecule has 3 atom stereocenters. The number of esters is 2. The van der Waals surface area contributed by atoms with Crippen LogP contribution in [0.3, 0.4) is 0 Å². The molecule has 11 nitrogen and oxygen atoms in total. The molecule has 1 aromatic heterocycles. The number of carbonyl (C=O) groups is 2. The number of rotatable bonds is 39. The molecule has 1 heterocycles. The first-order chi connectivity index (χ1) is 29.7. The Kier molecular flexibility index (Phi) is 32.8. The zero-order valence-corrected chi connectivity index (χ0v) is 40.8. The molecule has 0 spiro atoms. The summed E-state index contributed by atoms with van der Waals surface area (Å²) in [6, 6.07) is 0. The summed E-state index contributed by atoms with van der Waals surface area (Å²) >= 11 is 0. The van der Waals surface area contributed by atoms with Crippen molar-refractivity contribution in [2.75, 3.05) is 47.5 Å². The van der Waals surface area contributed by atoms with Gasteiger partial charge in [-0.15, -0.1) is 0 Å². The van der Waals surface area contributed by atoms with Crippen molar-refractivity contribution in [2.45, 2.75) is 188 Å². The van der Waals surface area contributed by atoms with E-state index < -0.39 is 32.5 Å². The standard InChI is InChI=1S/C50H86NO10P/c1-8-10-27-33-45(52)34-29-23-19-15-13-12-14-16-21-25-31-37-49(53)57-41-46(42-59-62(55,56)58-40-39-51(5,6)7)60-50(54)38-32-26-22-18-17-20-24-30-36-48-44(4)43(3)47(61-48)35-28-11-9-2/h12-13,16,19,21,23,29,34,45-46,52H,8-11,14-15,17-18,20,22,24-28,30-33,35-42H2,1-7H3/b13-12-,21-16-,23-19-,34-29+/t45-,46-/m1/s1. The van der Waals surface area contributed by atoms with Crippen molar-refractivity contribution in [2.24, 2.45) is 0 Å². The van der Waals surface area contributed by atoms with Crippen LogP contribution in [0.1, 0.15) is 171 Å². The minimum Gasteiger partial charge on any atom is -0.756 e. The minimum absolute atomic E-state index is 0.0558. The predicted octanol–water partition coefficient (Wildman–Crippen LogP) is 11.5. The quantitative estimate of drug-likeness (QED) is 0.0169. The fourth-order valence-electron chi connectivity index (χ4n) is 6.58. The largest absolute Gasteiger partial charge is 0.756 e. The van der Waals surface area contributed by atoms with E-state index in [-0.39, 0.29) is 32.2 Å². The maximum atomic E-state index is 12.8. The number of aliphatic hydroxyl groups is 1. The molecular weight excluding hydrogens is 806 g/mol. The third-order valence-electron chi connectivity index (χ3n) is 10.7. The van der Waals surface area contributed by atoms with E-state index in [2.05, 4.69) is 39.8 Å². The molecule has 0 amide bonds. The molecule has 0 radical (unpaired) electrons. The SMILES string of the molecule is CCCCCc1oc(CCCCCCCCCCC(=O)O[C@H](COC(=O)CCC/C=C\C/C=C\C/C=C\C=C\[C@H](O)CCCCC)COP(=O)([O-])OCC[N+](C)(C)C)c(C)c1C. The Balaban J connectivity index is 2.39. The van der Waals surface area contributed by atoms with E-state index in [1.807, 2.05) is 57.6 Å². The molecule has 0 aliphatic carbocycles. The summed E-state index contributed by atoms with van der Waals surface area (Å²) in [5.74, 6) is 1.37. The van der Waals surface area contributed by atoms with Gasteiger partial charge in [0.1, 0.15) is 31.3 Å². The number of ether oxygens (including phenoxy) is 2. The first kappa shape index (κ1) is 57.2. The molecule has 0 aromatic carbocycles. The van der Waals surface area contributed by atoms with E-state index in [1.165, 1.54) is 43.2 Å². The monoisotopic (exact) mass is 892 g/mol. The second kappa shape index (κ2) is 35.5. The van der Waals surface area contributed by atoms with Crippen LogP contribution in [0.4, 0.5) is 0 Å². The van der Waals surface area contributed by atoms with Crippen LogP contribution in [-0.4, -0.2) is 81.2 Å². The molecule has 1 N–H and O–H groups in total. The van der Waals surface area contributed by atoms with Crippen LogP contribution in [0.2, 0.25) is 0 Å². The molecule has 0 saturated carbocycles. The molecule has 1 unspecified atom stereocenters. The third-order valence-corrected chi connectivity index (χ3v) is 11.6. The van der Waals surface area contributed by atoms with Crippen molar-refractivity contribution in [1.29, 1.82) is 0 Å². The summed E-state index contributed by atoms with van der Waals surface area (Å²) in [6.45, 7) is 8.31. The molecule has 62 heavy (non-hydrogen) atoms. The number of nitrogens with zero attached hydrogens (tertiary/aromatic N) is 1. The number of phosphoric acid groups is 1. The Bertz CT molecular complexity index is 1490. The smallest absolute Gasteiger partial charge is 0.306 e. The van der Waals surface area contributed by atoms with E-state index in [1.54, 1.807) is 0 Å². The average molecular weight is 892 g/mol. The zero-order valence-electron chi connectivity index (χ0n) is 39.9.